The van der Waals surface area contributed by atoms with Crippen LogP contribution in [-0.4, -0.2) is 10.7 Å². The lowest BCUT2D eigenvalue weighted by Gasteiger charge is -2.27. The fourth-order valence-corrected chi connectivity index (χ4v) is 3.55. The molecule has 0 amide bonds. The number of nitrogens with zero attached hydrogens (tertiary/aromatic N) is 2. The maximum absolute atomic E-state index is 13.7. The molecule has 0 fully saturated rings. The van der Waals surface area contributed by atoms with Gasteiger partial charge in [-0.25, -0.2) is 0 Å². The van der Waals surface area contributed by atoms with Crippen LogP contribution < -0.4 is 0 Å². The molecule has 2 nitrogen and oxygen atoms in total. The first-order chi connectivity index (χ1) is 12.0. The molecule has 3 aromatic rings. The summed E-state index contributed by atoms with van der Waals surface area (Å²) in [5.74, 6) is -1.70. The zero-order chi connectivity index (χ0) is 17.6. The van der Waals surface area contributed by atoms with E-state index in [2.05, 4.69) is 0 Å². The van der Waals surface area contributed by atoms with Crippen molar-refractivity contribution < 1.29 is 13.2 Å². The average molecular weight is 338 g/mol. The number of nitriles is 1. The molecule has 1 aliphatic carbocycles. The fourth-order valence-electron chi connectivity index (χ4n) is 3.55. The van der Waals surface area contributed by atoms with Gasteiger partial charge in [-0.1, -0.05) is 42.5 Å². The summed E-state index contributed by atoms with van der Waals surface area (Å²) in [5.41, 5.74) is 1.42. The standard InChI is InChI=1S/C20H13F3N2/c21-20(22,23)16-9-5-6-13(12-24)19(16)25-17-10-3-1-7-14(17)15-8-2-4-11-18(15)25/h1-8,10-11,16H,9H2. The molecule has 0 bridgehead atoms. The van der Waals surface area contributed by atoms with Gasteiger partial charge in [-0.2, -0.15) is 18.4 Å². The third kappa shape index (κ3) is 2.33. The Kier molecular flexibility index (Phi) is 3.43. The smallest absolute Gasteiger partial charge is 0.311 e. The number of para-hydroxylation sites is 2. The topological polar surface area (TPSA) is 28.7 Å². The molecule has 1 atom stereocenters. The van der Waals surface area contributed by atoms with Crippen LogP contribution in [0.2, 0.25) is 0 Å². The van der Waals surface area contributed by atoms with Gasteiger partial charge in [0.15, 0.2) is 0 Å². The SMILES string of the molecule is N#CC1=C(n2c3ccccc3c3ccccc32)C(C(F)(F)F)CC=C1. The molecule has 25 heavy (non-hydrogen) atoms. The third-order valence-electron chi connectivity index (χ3n) is 4.60. The minimum atomic E-state index is -4.42. The normalized spacial score (nSPS) is 18.1. The molecule has 1 heterocycles. The molecule has 5 heteroatoms. The van der Waals surface area contributed by atoms with Gasteiger partial charge in [-0.05, 0) is 24.6 Å². The zero-order valence-corrected chi connectivity index (χ0v) is 13.1. The van der Waals surface area contributed by atoms with Crippen LogP contribution in [0.5, 0.6) is 0 Å². The molecular formula is C20H13F3N2. The Morgan fingerprint density at radius 1 is 0.960 bits per heavy atom. The minimum Gasteiger partial charge on any atom is -0.311 e. The number of halogens is 3. The predicted molar refractivity (Wildman–Crippen MR) is 91.6 cm³/mol. The van der Waals surface area contributed by atoms with Crippen molar-refractivity contribution in [3.63, 3.8) is 0 Å². The highest BCUT2D eigenvalue weighted by Crippen LogP contribution is 2.44. The van der Waals surface area contributed by atoms with Gasteiger partial charge in [0.05, 0.1) is 22.3 Å². The summed E-state index contributed by atoms with van der Waals surface area (Å²) in [6.45, 7) is 0. The highest BCUT2D eigenvalue weighted by atomic mass is 19.4. The molecule has 0 N–H and O–H groups in total. The van der Waals surface area contributed by atoms with Gasteiger partial charge in [-0.15, -0.1) is 0 Å². The van der Waals surface area contributed by atoms with E-state index >= 15 is 0 Å². The Morgan fingerprint density at radius 3 is 2.04 bits per heavy atom. The van der Waals surface area contributed by atoms with Crippen molar-refractivity contribution in [1.82, 2.24) is 4.57 Å². The van der Waals surface area contributed by atoms with Crippen molar-refractivity contribution in [2.75, 3.05) is 0 Å². The Labute approximate surface area is 142 Å². The third-order valence-corrected chi connectivity index (χ3v) is 4.60. The van der Waals surface area contributed by atoms with Crippen LogP contribution in [0, 0.1) is 17.2 Å². The minimum absolute atomic E-state index is 0.00917. The highest BCUT2D eigenvalue weighted by Gasteiger charge is 2.44. The molecule has 124 valence electrons. The van der Waals surface area contributed by atoms with Crippen molar-refractivity contribution in [2.45, 2.75) is 12.6 Å². The number of aromatic nitrogens is 1. The molecule has 4 rings (SSSR count). The van der Waals surface area contributed by atoms with Gasteiger partial charge in [0.25, 0.3) is 0 Å². The molecule has 1 unspecified atom stereocenters. The van der Waals surface area contributed by atoms with E-state index in [1.165, 1.54) is 12.2 Å². The van der Waals surface area contributed by atoms with Crippen molar-refractivity contribution in [3.8, 4) is 6.07 Å². The lowest BCUT2D eigenvalue weighted by atomic mass is 9.91. The van der Waals surface area contributed by atoms with Gasteiger partial charge < -0.3 is 4.57 Å². The monoisotopic (exact) mass is 338 g/mol. The molecule has 0 radical (unpaired) electrons. The zero-order valence-electron chi connectivity index (χ0n) is 13.1. The van der Waals surface area contributed by atoms with Gasteiger partial charge in [0, 0.05) is 10.8 Å². The van der Waals surface area contributed by atoms with Gasteiger partial charge in [0.2, 0.25) is 0 Å². The van der Waals surface area contributed by atoms with Crippen LogP contribution >= 0.6 is 0 Å². The van der Waals surface area contributed by atoms with Crippen molar-refractivity contribution in [3.05, 3.63) is 66.3 Å². The van der Waals surface area contributed by atoms with E-state index in [1.54, 1.807) is 28.8 Å². The van der Waals surface area contributed by atoms with Gasteiger partial charge >= 0.3 is 6.18 Å². The Morgan fingerprint density at radius 2 is 1.52 bits per heavy atom. The van der Waals surface area contributed by atoms with E-state index in [-0.39, 0.29) is 17.7 Å². The lowest BCUT2D eigenvalue weighted by molar-refractivity contribution is -0.158. The van der Waals surface area contributed by atoms with E-state index in [1.807, 2.05) is 30.3 Å². The first kappa shape index (κ1) is 15.5. The largest absolute Gasteiger partial charge is 0.397 e. The molecule has 0 saturated carbocycles. The number of hydrogen-bond acceptors (Lipinski definition) is 1. The van der Waals surface area contributed by atoms with E-state index in [4.69, 9.17) is 0 Å². The number of hydrogen-bond donors (Lipinski definition) is 0. The lowest BCUT2D eigenvalue weighted by Crippen LogP contribution is -2.28. The van der Waals surface area contributed by atoms with Crippen LogP contribution in [0.3, 0.4) is 0 Å². The highest BCUT2D eigenvalue weighted by molar-refractivity contribution is 6.10. The quantitative estimate of drug-likeness (QED) is 0.562. The van der Waals surface area contributed by atoms with Crippen LogP contribution in [0.25, 0.3) is 27.5 Å². The van der Waals surface area contributed by atoms with Crippen LogP contribution in [0.1, 0.15) is 6.42 Å². The number of benzene rings is 2. The summed E-state index contributed by atoms with van der Waals surface area (Å²) in [6, 6.07) is 16.6. The Bertz CT molecular complexity index is 1020. The first-order valence-corrected chi connectivity index (χ1v) is 7.88. The molecule has 0 aliphatic heterocycles. The summed E-state index contributed by atoms with van der Waals surface area (Å²) >= 11 is 0. The van der Waals surface area contributed by atoms with E-state index < -0.39 is 12.1 Å². The van der Waals surface area contributed by atoms with Gasteiger partial charge in [0.1, 0.15) is 12.0 Å². The fraction of sp³-hybridized carbons (Fsp3) is 0.150. The molecule has 0 spiro atoms. The van der Waals surface area contributed by atoms with Crippen molar-refractivity contribution >= 4 is 27.5 Å². The predicted octanol–water partition coefficient (Wildman–Crippen LogP) is 5.67. The van der Waals surface area contributed by atoms with E-state index in [0.717, 1.165) is 10.8 Å². The summed E-state index contributed by atoms with van der Waals surface area (Å²) in [7, 11) is 0. The number of rotatable bonds is 1. The second-order valence-electron chi connectivity index (χ2n) is 6.01. The van der Waals surface area contributed by atoms with E-state index in [9.17, 15) is 18.4 Å². The molecule has 0 saturated heterocycles. The van der Waals surface area contributed by atoms with Crippen LogP contribution in [0.4, 0.5) is 13.2 Å². The van der Waals surface area contributed by atoms with Gasteiger partial charge in [-0.3, -0.25) is 0 Å². The number of fused-ring (bicyclic) bond motifs is 3. The Balaban J connectivity index is 2.16. The molecular weight excluding hydrogens is 325 g/mol. The summed E-state index contributed by atoms with van der Waals surface area (Å²) in [4.78, 5) is 0. The summed E-state index contributed by atoms with van der Waals surface area (Å²) in [5, 5.41) is 11.2. The molecule has 1 aliphatic rings. The molecule has 2 aromatic carbocycles. The number of allylic oxidation sites excluding steroid dienone is 4. The average Bonchev–Trinajstić information content (AvgIpc) is 2.94. The summed E-state index contributed by atoms with van der Waals surface area (Å²) in [6.07, 6.45) is -1.67. The van der Waals surface area contributed by atoms with Crippen molar-refractivity contribution in [1.29, 1.82) is 5.26 Å². The first-order valence-electron chi connectivity index (χ1n) is 7.88. The van der Waals surface area contributed by atoms with Crippen LogP contribution in [-0.2, 0) is 0 Å². The molecule has 1 aromatic heterocycles. The van der Waals surface area contributed by atoms with Crippen molar-refractivity contribution in [2.24, 2.45) is 5.92 Å². The maximum atomic E-state index is 13.7. The van der Waals surface area contributed by atoms with Crippen LogP contribution in [0.15, 0.2) is 66.3 Å². The summed E-state index contributed by atoms with van der Waals surface area (Å²) < 4.78 is 42.7. The second kappa shape index (κ2) is 5.52. The maximum Gasteiger partial charge on any atom is 0.397 e. The Hall–Kier alpha value is -3.00. The second-order valence-corrected chi connectivity index (χ2v) is 6.01. The van der Waals surface area contributed by atoms with E-state index in [0.29, 0.717) is 11.0 Å². The number of alkyl halides is 3.